The van der Waals surface area contributed by atoms with Gasteiger partial charge in [0.15, 0.2) is 11.8 Å². The van der Waals surface area contributed by atoms with E-state index in [9.17, 15) is 14.4 Å². The van der Waals surface area contributed by atoms with Gasteiger partial charge in [-0.3, -0.25) is 19.0 Å². The van der Waals surface area contributed by atoms with Gasteiger partial charge in [-0.2, -0.15) is 0 Å². The third-order valence-electron chi connectivity index (χ3n) is 4.84. The van der Waals surface area contributed by atoms with Crippen LogP contribution in [0.2, 0.25) is 5.02 Å². The molecule has 1 fully saturated rings. The first kappa shape index (κ1) is 18.4. The van der Waals surface area contributed by atoms with Gasteiger partial charge in [0.05, 0.1) is 0 Å². The number of ketones is 1. The van der Waals surface area contributed by atoms with E-state index < -0.39 is 11.8 Å². The second kappa shape index (κ2) is 7.87. The summed E-state index contributed by atoms with van der Waals surface area (Å²) in [4.78, 5) is 40.3. The molecular formula is C20H21ClN2O3. The molecule has 0 bridgehead atoms. The van der Waals surface area contributed by atoms with Crippen molar-refractivity contribution in [3.05, 3.63) is 69.6 Å². The van der Waals surface area contributed by atoms with Gasteiger partial charge in [0.25, 0.3) is 11.5 Å². The molecule has 136 valence electrons. The van der Waals surface area contributed by atoms with Crippen LogP contribution < -0.4 is 5.56 Å². The zero-order valence-corrected chi connectivity index (χ0v) is 15.4. The Bertz CT molecular complexity index is 852. The predicted octanol–water partition coefficient (Wildman–Crippen LogP) is 3.18. The lowest BCUT2D eigenvalue weighted by Gasteiger charge is -2.33. The molecule has 2 heterocycles. The number of likely N-dealkylation sites (tertiary alicyclic amines) is 1. The number of rotatable bonds is 4. The molecule has 1 unspecified atom stereocenters. The van der Waals surface area contributed by atoms with Crippen molar-refractivity contribution in [1.82, 2.24) is 9.47 Å². The maximum atomic E-state index is 13.2. The van der Waals surface area contributed by atoms with Gasteiger partial charge < -0.3 is 4.90 Å². The fourth-order valence-electron chi connectivity index (χ4n) is 3.18. The van der Waals surface area contributed by atoms with Gasteiger partial charge in [0, 0.05) is 35.9 Å². The molecule has 1 aromatic heterocycles. The fraction of sp³-hybridized carbons (Fsp3) is 0.350. The summed E-state index contributed by atoms with van der Waals surface area (Å²) in [6.07, 6.45) is 3.29. The van der Waals surface area contributed by atoms with Crippen molar-refractivity contribution in [2.75, 3.05) is 13.1 Å². The number of aromatic nitrogens is 1. The standard InChI is InChI=1S/C20H21ClN2O3/c1-14-9-12-22(13-10-14)20(26)18(23-11-3-2-4-17(23)24)19(25)15-5-7-16(21)8-6-15/h2-8,11,14,18H,9-10,12-13H2,1H3. The predicted molar refractivity (Wildman–Crippen MR) is 100 cm³/mol. The minimum absolute atomic E-state index is 0.329. The highest BCUT2D eigenvalue weighted by Crippen LogP contribution is 2.22. The first-order valence-corrected chi connectivity index (χ1v) is 9.11. The van der Waals surface area contributed by atoms with Crippen molar-refractivity contribution < 1.29 is 9.59 Å². The molecule has 0 aliphatic carbocycles. The Kier molecular flexibility index (Phi) is 5.57. The molecule has 0 spiro atoms. The van der Waals surface area contributed by atoms with Crippen molar-refractivity contribution in [2.45, 2.75) is 25.8 Å². The van der Waals surface area contributed by atoms with E-state index in [1.165, 1.54) is 16.8 Å². The number of amides is 1. The SMILES string of the molecule is CC1CCN(C(=O)C(C(=O)c2ccc(Cl)cc2)n2ccccc2=O)CC1. The summed E-state index contributed by atoms with van der Waals surface area (Å²) in [6.45, 7) is 3.36. The van der Waals surface area contributed by atoms with Gasteiger partial charge in [0.2, 0.25) is 0 Å². The van der Waals surface area contributed by atoms with Crippen molar-refractivity contribution in [2.24, 2.45) is 5.92 Å². The summed E-state index contributed by atoms with van der Waals surface area (Å²) >= 11 is 5.89. The zero-order valence-electron chi connectivity index (χ0n) is 14.6. The molecule has 3 rings (SSSR count). The summed E-state index contributed by atoms with van der Waals surface area (Å²) in [7, 11) is 0. The number of benzene rings is 1. The van der Waals surface area contributed by atoms with Gasteiger partial charge >= 0.3 is 0 Å². The highest BCUT2D eigenvalue weighted by molar-refractivity contribution is 6.30. The second-order valence-corrected chi connectivity index (χ2v) is 7.16. The van der Waals surface area contributed by atoms with E-state index in [4.69, 9.17) is 11.6 Å². The van der Waals surface area contributed by atoms with Crippen LogP contribution in [0.4, 0.5) is 0 Å². The Morgan fingerprint density at radius 3 is 2.35 bits per heavy atom. The molecule has 1 amide bonds. The summed E-state index contributed by atoms with van der Waals surface area (Å²) in [5, 5.41) is 0.506. The number of Topliss-reactive ketones (excluding diaryl/α,β-unsaturated/α-hetero) is 1. The largest absolute Gasteiger partial charge is 0.340 e. The maximum Gasteiger partial charge on any atom is 0.253 e. The van der Waals surface area contributed by atoms with E-state index in [1.807, 2.05) is 0 Å². The minimum Gasteiger partial charge on any atom is -0.340 e. The summed E-state index contributed by atoms with van der Waals surface area (Å²) in [6, 6.07) is 9.77. The number of carbonyl (C=O) groups excluding carboxylic acids is 2. The summed E-state index contributed by atoms with van der Waals surface area (Å²) in [5.74, 6) is -0.173. The average Bonchev–Trinajstić information content (AvgIpc) is 2.64. The Labute approximate surface area is 157 Å². The molecule has 26 heavy (non-hydrogen) atoms. The molecule has 1 aliphatic heterocycles. The number of halogens is 1. The highest BCUT2D eigenvalue weighted by atomic mass is 35.5. The normalized spacial score (nSPS) is 16.3. The van der Waals surface area contributed by atoms with Gasteiger partial charge in [-0.05, 0) is 49.1 Å². The zero-order chi connectivity index (χ0) is 18.7. The minimum atomic E-state index is -1.20. The Morgan fingerprint density at radius 1 is 1.08 bits per heavy atom. The van der Waals surface area contributed by atoms with Crippen LogP contribution in [0, 0.1) is 5.92 Å². The van der Waals surface area contributed by atoms with Gasteiger partial charge in [0.1, 0.15) is 0 Å². The number of carbonyl (C=O) groups is 2. The first-order valence-electron chi connectivity index (χ1n) is 8.73. The molecule has 0 radical (unpaired) electrons. The molecule has 2 aromatic rings. The van der Waals surface area contributed by atoms with Crippen molar-refractivity contribution >= 4 is 23.3 Å². The summed E-state index contributed by atoms with van der Waals surface area (Å²) in [5.41, 5.74) is -0.0209. The van der Waals surface area contributed by atoms with Crippen LogP contribution in [-0.2, 0) is 4.79 Å². The van der Waals surface area contributed by atoms with E-state index in [0.29, 0.717) is 29.6 Å². The van der Waals surface area contributed by atoms with E-state index in [2.05, 4.69) is 6.92 Å². The highest BCUT2D eigenvalue weighted by Gasteiger charge is 2.34. The van der Waals surface area contributed by atoms with Crippen LogP contribution >= 0.6 is 11.6 Å². The Morgan fingerprint density at radius 2 is 1.73 bits per heavy atom. The molecule has 1 atom stereocenters. The Hall–Kier alpha value is -2.40. The van der Waals surface area contributed by atoms with Gasteiger partial charge in [-0.25, -0.2) is 0 Å². The molecular weight excluding hydrogens is 352 g/mol. The Balaban J connectivity index is 1.98. The maximum absolute atomic E-state index is 13.2. The van der Waals surface area contributed by atoms with E-state index in [1.54, 1.807) is 41.3 Å². The number of piperidine rings is 1. The van der Waals surface area contributed by atoms with Crippen LogP contribution in [0.3, 0.4) is 0 Å². The third-order valence-corrected chi connectivity index (χ3v) is 5.09. The quantitative estimate of drug-likeness (QED) is 0.611. The third kappa shape index (κ3) is 3.88. The number of nitrogens with zero attached hydrogens (tertiary/aromatic N) is 2. The fourth-order valence-corrected chi connectivity index (χ4v) is 3.31. The van der Waals surface area contributed by atoms with E-state index >= 15 is 0 Å². The smallest absolute Gasteiger partial charge is 0.253 e. The van der Waals surface area contributed by atoms with Crippen LogP contribution in [-0.4, -0.2) is 34.2 Å². The molecule has 1 saturated heterocycles. The molecule has 5 nitrogen and oxygen atoms in total. The van der Waals surface area contributed by atoms with E-state index in [0.717, 1.165) is 12.8 Å². The topological polar surface area (TPSA) is 59.4 Å². The average molecular weight is 373 g/mol. The van der Waals surface area contributed by atoms with Crippen LogP contribution in [0.1, 0.15) is 36.2 Å². The molecule has 0 N–H and O–H groups in total. The summed E-state index contributed by atoms with van der Waals surface area (Å²) < 4.78 is 1.22. The molecule has 6 heteroatoms. The van der Waals surface area contributed by atoms with Crippen molar-refractivity contribution in [3.63, 3.8) is 0 Å². The lowest BCUT2D eigenvalue weighted by atomic mass is 9.97. The van der Waals surface area contributed by atoms with Gasteiger partial charge in [-0.15, -0.1) is 0 Å². The van der Waals surface area contributed by atoms with Crippen molar-refractivity contribution in [3.8, 4) is 0 Å². The number of hydrogen-bond donors (Lipinski definition) is 0. The number of pyridine rings is 1. The van der Waals surface area contributed by atoms with Crippen LogP contribution in [0.5, 0.6) is 0 Å². The van der Waals surface area contributed by atoms with Crippen molar-refractivity contribution in [1.29, 1.82) is 0 Å². The lowest BCUT2D eigenvalue weighted by molar-refractivity contribution is -0.134. The molecule has 1 aromatic carbocycles. The molecule has 1 aliphatic rings. The van der Waals surface area contributed by atoms with Gasteiger partial charge in [-0.1, -0.05) is 24.6 Å². The van der Waals surface area contributed by atoms with Crippen LogP contribution in [0.15, 0.2) is 53.5 Å². The second-order valence-electron chi connectivity index (χ2n) is 6.73. The lowest BCUT2D eigenvalue weighted by Crippen LogP contribution is -2.46. The monoisotopic (exact) mass is 372 g/mol. The van der Waals surface area contributed by atoms with E-state index in [-0.39, 0.29) is 11.5 Å². The van der Waals surface area contributed by atoms with Crippen LogP contribution in [0.25, 0.3) is 0 Å². The molecule has 0 saturated carbocycles. The number of hydrogen-bond acceptors (Lipinski definition) is 3. The first-order chi connectivity index (χ1) is 12.5.